The van der Waals surface area contributed by atoms with Crippen molar-refractivity contribution in [3.05, 3.63) is 53.6 Å². The van der Waals surface area contributed by atoms with Crippen molar-refractivity contribution >= 4 is 34.8 Å². The summed E-state index contributed by atoms with van der Waals surface area (Å²) in [6.07, 6.45) is 2.61. The van der Waals surface area contributed by atoms with E-state index in [0.717, 1.165) is 24.8 Å². The number of benzene rings is 2. The fourth-order valence-electron chi connectivity index (χ4n) is 3.15. The second kappa shape index (κ2) is 11.3. The lowest BCUT2D eigenvalue weighted by Crippen LogP contribution is -2.25. The summed E-state index contributed by atoms with van der Waals surface area (Å²) in [6.45, 7) is 3.02. The molecule has 2 aromatic rings. The summed E-state index contributed by atoms with van der Waals surface area (Å²) in [5, 5.41) is 11.7. The molecule has 0 radical (unpaired) electrons. The predicted molar refractivity (Wildman–Crippen MR) is 125 cm³/mol. The number of ether oxygens (including phenoxy) is 1. The Morgan fingerprint density at radius 3 is 2.47 bits per heavy atom. The second-order valence-corrected chi connectivity index (χ2v) is 7.83. The number of anilines is 3. The normalized spacial score (nSPS) is 12.7. The van der Waals surface area contributed by atoms with E-state index in [1.165, 1.54) is 0 Å². The molecular formula is C24H30N4O4. The van der Waals surface area contributed by atoms with Gasteiger partial charge in [0.2, 0.25) is 11.8 Å². The molecule has 0 atom stereocenters. The van der Waals surface area contributed by atoms with Gasteiger partial charge in [0.1, 0.15) is 0 Å². The van der Waals surface area contributed by atoms with Crippen LogP contribution in [0.3, 0.4) is 0 Å². The van der Waals surface area contributed by atoms with E-state index in [1.807, 2.05) is 13.0 Å². The van der Waals surface area contributed by atoms with Crippen molar-refractivity contribution in [1.82, 2.24) is 5.32 Å². The van der Waals surface area contributed by atoms with Crippen LogP contribution in [0.25, 0.3) is 0 Å². The molecule has 8 heteroatoms. The van der Waals surface area contributed by atoms with E-state index in [-0.39, 0.29) is 30.2 Å². The molecule has 0 aliphatic heterocycles. The Labute approximate surface area is 188 Å². The van der Waals surface area contributed by atoms with Crippen molar-refractivity contribution in [3.8, 4) is 0 Å². The van der Waals surface area contributed by atoms with Gasteiger partial charge >= 0.3 is 0 Å². The van der Waals surface area contributed by atoms with Gasteiger partial charge in [-0.2, -0.15) is 0 Å². The third-order valence-corrected chi connectivity index (χ3v) is 5.20. The molecule has 8 nitrogen and oxygen atoms in total. The molecule has 3 rings (SSSR count). The van der Waals surface area contributed by atoms with Crippen LogP contribution < -0.4 is 21.3 Å². The van der Waals surface area contributed by atoms with Crippen molar-refractivity contribution in [2.75, 3.05) is 42.8 Å². The van der Waals surface area contributed by atoms with E-state index in [0.29, 0.717) is 35.8 Å². The van der Waals surface area contributed by atoms with Crippen LogP contribution in [0.5, 0.6) is 0 Å². The average molecular weight is 439 g/mol. The molecule has 0 heterocycles. The lowest BCUT2D eigenvalue weighted by atomic mass is 10.1. The smallest absolute Gasteiger partial charge is 0.251 e. The Bertz CT molecular complexity index is 972. The van der Waals surface area contributed by atoms with E-state index >= 15 is 0 Å². The Balaban J connectivity index is 1.51. The second-order valence-electron chi connectivity index (χ2n) is 7.83. The third-order valence-electron chi connectivity index (χ3n) is 5.20. The molecule has 0 saturated heterocycles. The minimum Gasteiger partial charge on any atom is -0.385 e. The molecule has 4 N–H and O–H groups in total. The molecule has 1 aliphatic rings. The SMILES string of the molecule is COCCCNC(=O)c1cccc(NCC(=O)Nc2cccc(NC(=O)C3CC3)c2C)c1. The molecule has 1 saturated carbocycles. The quantitative estimate of drug-likeness (QED) is 0.403. The van der Waals surface area contributed by atoms with Crippen LogP contribution >= 0.6 is 0 Å². The molecule has 0 bridgehead atoms. The molecule has 170 valence electrons. The predicted octanol–water partition coefficient (Wildman–Crippen LogP) is 3.16. The number of hydrogen-bond donors (Lipinski definition) is 4. The van der Waals surface area contributed by atoms with Crippen LogP contribution in [0.1, 0.15) is 35.2 Å². The van der Waals surface area contributed by atoms with Gasteiger partial charge in [-0.15, -0.1) is 0 Å². The maximum absolute atomic E-state index is 12.5. The fraction of sp³-hybridized carbons (Fsp3) is 0.375. The summed E-state index contributed by atoms with van der Waals surface area (Å²) in [7, 11) is 1.62. The summed E-state index contributed by atoms with van der Waals surface area (Å²) in [5.74, 6) is -0.260. The van der Waals surface area contributed by atoms with Gasteiger partial charge in [-0.25, -0.2) is 0 Å². The molecule has 0 unspecified atom stereocenters. The molecule has 3 amide bonds. The number of methoxy groups -OCH3 is 1. The number of rotatable bonds is 11. The van der Waals surface area contributed by atoms with Crippen LogP contribution in [0.4, 0.5) is 17.1 Å². The van der Waals surface area contributed by atoms with E-state index in [4.69, 9.17) is 4.74 Å². The van der Waals surface area contributed by atoms with Crippen LogP contribution in [0.15, 0.2) is 42.5 Å². The monoisotopic (exact) mass is 438 g/mol. The van der Waals surface area contributed by atoms with Crippen LogP contribution in [0, 0.1) is 12.8 Å². The first kappa shape index (κ1) is 23.3. The van der Waals surface area contributed by atoms with Crippen molar-refractivity contribution < 1.29 is 19.1 Å². The van der Waals surface area contributed by atoms with Gasteiger partial charge < -0.3 is 26.0 Å². The first-order valence-corrected chi connectivity index (χ1v) is 10.8. The molecule has 1 fully saturated rings. The van der Waals surface area contributed by atoms with Gasteiger partial charge in [-0.1, -0.05) is 12.1 Å². The van der Waals surface area contributed by atoms with E-state index in [9.17, 15) is 14.4 Å². The van der Waals surface area contributed by atoms with Crippen LogP contribution in [-0.4, -0.2) is 44.5 Å². The number of amides is 3. The lowest BCUT2D eigenvalue weighted by Gasteiger charge is -2.14. The summed E-state index contributed by atoms with van der Waals surface area (Å²) in [6, 6.07) is 12.4. The summed E-state index contributed by atoms with van der Waals surface area (Å²) >= 11 is 0. The Morgan fingerprint density at radius 2 is 1.75 bits per heavy atom. The van der Waals surface area contributed by atoms with Gasteiger partial charge in [0.25, 0.3) is 5.91 Å². The molecular weight excluding hydrogens is 408 g/mol. The highest BCUT2D eigenvalue weighted by Gasteiger charge is 2.29. The highest BCUT2D eigenvalue weighted by Crippen LogP contribution is 2.31. The Morgan fingerprint density at radius 1 is 1.03 bits per heavy atom. The summed E-state index contributed by atoms with van der Waals surface area (Å²) < 4.78 is 4.97. The fourth-order valence-corrected chi connectivity index (χ4v) is 3.15. The highest BCUT2D eigenvalue weighted by molar-refractivity contribution is 5.99. The highest BCUT2D eigenvalue weighted by atomic mass is 16.5. The number of carbonyl (C=O) groups is 3. The third kappa shape index (κ3) is 6.81. The molecule has 0 spiro atoms. The van der Waals surface area contributed by atoms with E-state index in [2.05, 4.69) is 21.3 Å². The van der Waals surface area contributed by atoms with Crippen molar-refractivity contribution in [1.29, 1.82) is 0 Å². The van der Waals surface area contributed by atoms with Crippen LogP contribution in [0.2, 0.25) is 0 Å². The minimum atomic E-state index is -0.229. The topological polar surface area (TPSA) is 109 Å². The van der Waals surface area contributed by atoms with Crippen molar-refractivity contribution in [2.45, 2.75) is 26.2 Å². The van der Waals surface area contributed by atoms with Gasteiger partial charge in [0, 0.05) is 48.8 Å². The average Bonchev–Trinajstić information content (AvgIpc) is 3.64. The van der Waals surface area contributed by atoms with E-state index in [1.54, 1.807) is 43.5 Å². The summed E-state index contributed by atoms with van der Waals surface area (Å²) in [5.41, 5.74) is 3.35. The lowest BCUT2D eigenvalue weighted by molar-refractivity contribution is -0.117. The van der Waals surface area contributed by atoms with Gasteiger partial charge in [0.05, 0.1) is 6.54 Å². The number of nitrogens with one attached hydrogen (secondary N) is 4. The zero-order valence-corrected chi connectivity index (χ0v) is 18.5. The number of carbonyl (C=O) groups excluding carboxylic acids is 3. The maximum atomic E-state index is 12.5. The zero-order chi connectivity index (χ0) is 22.9. The zero-order valence-electron chi connectivity index (χ0n) is 18.5. The Kier molecular flexibility index (Phi) is 8.21. The minimum absolute atomic E-state index is 0.0286. The van der Waals surface area contributed by atoms with Crippen LogP contribution in [-0.2, 0) is 14.3 Å². The van der Waals surface area contributed by atoms with E-state index < -0.39 is 0 Å². The first-order valence-electron chi connectivity index (χ1n) is 10.8. The van der Waals surface area contributed by atoms with Gasteiger partial charge in [0.15, 0.2) is 0 Å². The van der Waals surface area contributed by atoms with Crippen molar-refractivity contribution in [3.63, 3.8) is 0 Å². The standard InChI is InChI=1S/C24H30N4O4/c1-16-20(8-4-9-21(16)28-24(31)17-10-11-17)27-22(29)15-26-19-7-3-6-18(14-19)23(30)25-12-5-13-32-2/h3-4,6-9,14,17,26H,5,10-13,15H2,1-2H3,(H,25,30)(H,27,29)(H,28,31). The molecule has 32 heavy (non-hydrogen) atoms. The Hall–Kier alpha value is -3.39. The molecule has 1 aliphatic carbocycles. The molecule has 0 aromatic heterocycles. The van der Waals surface area contributed by atoms with Crippen molar-refractivity contribution in [2.24, 2.45) is 5.92 Å². The first-order chi connectivity index (χ1) is 15.5. The van der Waals surface area contributed by atoms with Gasteiger partial charge in [-0.05, 0) is 62.1 Å². The maximum Gasteiger partial charge on any atom is 0.251 e. The van der Waals surface area contributed by atoms with Gasteiger partial charge in [-0.3, -0.25) is 14.4 Å². The number of hydrogen-bond acceptors (Lipinski definition) is 5. The summed E-state index contributed by atoms with van der Waals surface area (Å²) in [4.78, 5) is 36.7. The largest absolute Gasteiger partial charge is 0.385 e. The molecule has 2 aromatic carbocycles.